The maximum atomic E-state index is 10.3. The highest BCUT2D eigenvalue weighted by Crippen LogP contribution is 2.33. The fourth-order valence-electron chi connectivity index (χ4n) is 4.44. The van der Waals surface area contributed by atoms with Crippen molar-refractivity contribution in [2.75, 3.05) is 35.2 Å². The molecular weight excluding hydrogens is 488 g/mol. The molecule has 1 saturated heterocycles. The van der Waals surface area contributed by atoms with Crippen LogP contribution < -0.4 is 15.5 Å². The smallest absolute Gasteiger partial charge is 0.169 e. The second-order valence-electron chi connectivity index (χ2n) is 8.89. The highest BCUT2D eigenvalue weighted by Gasteiger charge is 2.25. The quantitative estimate of drug-likeness (QED) is 0.395. The van der Waals surface area contributed by atoms with Crippen LogP contribution in [0.5, 0.6) is 5.75 Å². The fraction of sp³-hybridized carbons (Fsp3) is 0.259. The molecule has 1 fully saturated rings. The molecule has 0 spiro atoms. The molecule has 1 unspecified atom stereocenters. The summed E-state index contributed by atoms with van der Waals surface area (Å²) in [5, 5.41) is 19.3. The van der Waals surface area contributed by atoms with E-state index in [2.05, 4.69) is 48.7 Å². The number of anilines is 3. The largest absolute Gasteiger partial charge is 0.507 e. The summed E-state index contributed by atoms with van der Waals surface area (Å²) < 4.78 is 1.90. The number of nitrogen functional groups attached to an aromatic ring is 1. The number of aromatic nitrogens is 5. The van der Waals surface area contributed by atoms with Gasteiger partial charge in [0.15, 0.2) is 5.82 Å². The van der Waals surface area contributed by atoms with Gasteiger partial charge in [-0.25, -0.2) is 9.97 Å². The maximum Gasteiger partial charge on any atom is 0.169 e. The summed E-state index contributed by atoms with van der Waals surface area (Å²) in [5.74, 6) is 6.77. The lowest BCUT2D eigenvalue weighted by Crippen LogP contribution is -2.35. The van der Waals surface area contributed by atoms with Crippen molar-refractivity contribution < 1.29 is 5.11 Å². The van der Waals surface area contributed by atoms with Crippen LogP contribution in [0.3, 0.4) is 0 Å². The highest BCUT2D eigenvalue weighted by atomic mass is 35.5. The van der Waals surface area contributed by atoms with E-state index >= 15 is 0 Å². The molecule has 0 bridgehead atoms. The van der Waals surface area contributed by atoms with Crippen molar-refractivity contribution in [1.29, 1.82) is 0 Å². The molecule has 3 N–H and O–H groups in total. The number of para-hydroxylation sites is 1. The van der Waals surface area contributed by atoms with E-state index in [0.29, 0.717) is 40.9 Å². The number of pyridine rings is 1. The Labute approximate surface area is 220 Å². The molecule has 0 amide bonds. The van der Waals surface area contributed by atoms with E-state index in [1.54, 1.807) is 30.9 Å². The fourth-order valence-corrected chi connectivity index (χ4v) is 4.65. The second-order valence-corrected chi connectivity index (χ2v) is 9.30. The zero-order valence-corrected chi connectivity index (χ0v) is 21.2. The number of benzene rings is 1. The minimum atomic E-state index is 0.152. The SMILES string of the molecule is CC1CCN(c2cc(-c3ccccc3O)nnc2N)CCN1c1cc(C#CCn2ccnc2)ncc1Cl. The molecule has 1 aliphatic rings. The number of nitrogens with two attached hydrogens (primary N) is 1. The van der Waals surface area contributed by atoms with Gasteiger partial charge in [0.2, 0.25) is 0 Å². The van der Waals surface area contributed by atoms with Crippen molar-refractivity contribution in [2.24, 2.45) is 0 Å². The molecule has 0 radical (unpaired) electrons. The van der Waals surface area contributed by atoms with Gasteiger partial charge in [0.25, 0.3) is 0 Å². The van der Waals surface area contributed by atoms with Crippen molar-refractivity contribution in [1.82, 2.24) is 24.7 Å². The average Bonchev–Trinajstić information content (AvgIpc) is 3.34. The lowest BCUT2D eigenvalue weighted by molar-refractivity contribution is 0.477. The molecule has 4 aromatic rings. The second kappa shape index (κ2) is 10.8. The van der Waals surface area contributed by atoms with Crippen LogP contribution in [-0.2, 0) is 6.54 Å². The predicted octanol–water partition coefficient (Wildman–Crippen LogP) is 3.83. The van der Waals surface area contributed by atoms with Crippen molar-refractivity contribution in [3.63, 3.8) is 0 Å². The third kappa shape index (κ3) is 5.44. The summed E-state index contributed by atoms with van der Waals surface area (Å²) in [6.45, 7) is 4.94. The summed E-state index contributed by atoms with van der Waals surface area (Å²) >= 11 is 6.61. The lowest BCUT2D eigenvalue weighted by Gasteiger charge is -2.30. The first kappa shape index (κ1) is 24.4. The number of rotatable bonds is 4. The zero-order valence-electron chi connectivity index (χ0n) is 20.4. The molecule has 1 aliphatic heterocycles. The molecule has 1 atom stereocenters. The van der Waals surface area contributed by atoms with Crippen LogP contribution in [0.25, 0.3) is 11.3 Å². The summed E-state index contributed by atoms with van der Waals surface area (Å²) in [7, 11) is 0. The van der Waals surface area contributed by atoms with Crippen LogP contribution in [0.4, 0.5) is 17.2 Å². The minimum Gasteiger partial charge on any atom is -0.507 e. The predicted molar refractivity (Wildman–Crippen MR) is 146 cm³/mol. The van der Waals surface area contributed by atoms with Crippen molar-refractivity contribution >= 4 is 28.8 Å². The Morgan fingerprint density at radius 1 is 1.14 bits per heavy atom. The minimum absolute atomic E-state index is 0.152. The molecule has 3 aromatic heterocycles. The van der Waals surface area contributed by atoms with Gasteiger partial charge in [-0.3, -0.25) is 0 Å². The monoisotopic (exact) mass is 514 g/mol. The number of hydrogen-bond acceptors (Lipinski definition) is 8. The van der Waals surface area contributed by atoms with Crippen molar-refractivity contribution in [3.8, 4) is 28.8 Å². The number of phenolic OH excluding ortho intramolecular Hbond substituents is 1. The number of nitrogens with zero attached hydrogens (tertiary/aromatic N) is 7. The van der Waals surface area contributed by atoms with Gasteiger partial charge in [-0.2, -0.15) is 0 Å². The van der Waals surface area contributed by atoms with Gasteiger partial charge in [0, 0.05) is 49.8 Å². The normalized spacial score (nSPS) is 15.7. The van der Waals surface area contributed by atoms with E-state index in [4.69, 9.17) is 17.3 Å². The number of halogens is 1. The molecule has 0 aliphatic carbocycles. The molecule has 10 heteroatoms. The Kier molecular flexibility index (Phi) is 7.10. The highest BCUT2D eigenvalue weighted by molar-refractivity contribution is 6.33. The summed E-state index contributed by atoms with van der Waals surface area (Å²) in [4.78, 5) is 12.9. The van der Waals surface area contributed by atoms with E-state index in [9.17, 15) is 5.11 Å². The van der Waals surface area contributed by atoms with Gasteiger partial charge in [-0.15, -0.1) is 10.2 Å². The van der Waals surface area contributed by atoms with Crippen LogP contribution >= 0.6 is 11.6 Å². The Hall–Kier alpha value is -4.29. The molecule has 1 aromatic carbocycles. The number of phenols is 1. The number of imidazole rings is 1. The van der Waals surface area contributed by atoms with E-state index in [0.717, 1.165) is 30.9 Å². The van der Waals surface area contributed by atoms with Gasteiger partial charge >= 0.3 is 0 Å². The van der Waals surface area contributed by atoms with Gasteiger partial charge in [0.1, 0.15) is 11.4 Å². The Morgan fingerprint density at radius 3 is 2.81 bits per heavy atom. The number of hydrogen-bond donors (Lipinski definition) is 2. The lowest BCUT2D eigenvalue weighted by atomic mass is 10.1. The van der Waals surface area contributed by atoms with Crippen LogP contribution in [0, 0.1) is 11.8 Å². The first-order valence-electron chi connectivity index (χ1n) is 12.0. The van der Waals surface area contributed by atoms with Crippen molar-refractivity contribution in [2.45, 2.75) is 25.9 Å². The molecule has 188 valence electrons. The molecule has 0 saturated carbocycles. The topological polar surface area (TPSA) is 109 Å². The van der Waals surface area contributed by atoms with Crippen LogP contribution in [0.1, 0.15) is 19.0 Å². The van der Waals surface area contributed by atoms with Gasteiger partial charge < -0.3 is 25.2 Å². The molecule has 9 nitrogen and oxygen atoms in total. The molecule has 4 heterocycles. The van der Waals surface area contributed by atoms with Crippen molar-refractivity contribution in [3.05, 3.63) is 72.0 Å². The number of aromatic hydroxyl groups is 1. The van der Waals surface area contributed by atoms with E-state index in [-0.39, 0.29) is 11.8 Å². The first-order chi connectivity index (χ1) is 18.0. The Bertz CT molecular complexity index is 1450. The molecule has 5 rings (SSSR count). The maximum absolute atomic E-state index is 10.3. The Morgan fingerprint density at radius 2 is 2.00 bits per heavy atom. The van der Waals surface area contributed by atoms with Crippen LogP contribution in [0.15, 0.2) is 61.3 Å². The van der Waals surface area contributed by atoms with Gasteiger partial charge in [0.05, 0.1) is 35.0 Å². The van der Waals surface area contributed by atoms with E-state index in [1.807, 2.05) is 35.0 Å². The van der Waals surface area contributed by atoms with E-state index < -0.39 is 0 Å². The van der Waals surface area contributed by atoms with Gasteiger partial charge in [-0.1, -0.05) is 29.7 Å². The van der Waals surface area contributed by atoms with Crippen LogP contribution in [-0.4, -0.2) is 55.5 Å². The average molecular weight is 515 g/mol. The summed E-state index contributed by atoms with van der Waals surface area (Å²) in [5.41, 5.74) is 9.83. The third-order valence-corrected chi connectivity index (χ3v) is 6.75. The zero-order chi connectivity index (χ0) is 25.8. The van der Waals surface area contributed by atoms with Crippen LogP contribution in [0.2, 0.25) is 5.02 Å². The molecular formula is C27H27ClN8O. The first-order valence-corrected chi connectivity index (χ1v) is 12.4. The molecule has 37 heavy (non-hydrogen) atoms. The van der Waals surface area contributed by atoms with E-state index in [1.165, 1.54) is 0 Å². The summed E-state index contributed by atoms with van der Waals surface area (Å²) in [6.07, 6.45) is 7.88. The van der Waals surface area contributed by atoms with Gasteiger partial charge in [-0.05, 0) is 43.5 Å². The standard InChI is InChI=1S/C27H27ClN8O/c1-19-8-11-35(25-16-23(32-33-27(25)29)21-6-2-3-7-26(21)37)13-14-36(19)24-15-20(31-17-22(24)28)5-4-10-34-12-9-30-18-34/h2-3,6-7,9,12,15-19,37H,8,10-11,13-14H2,1H3,(H2,29,33). The summed E-state index contributed by atoms with van der Waals surface area (Å²) in [6, 6.07) is 11.1. The Balaban J connectivity index is 1.36. The third-order valence-electron chi connectivity index (χ3n) is 6.46.